The second-order valence-corrected chi connectivity index (χ2v) is 6.21. The Kier molecular flexibility index (Phi) is 7.12. The van der Waals surface area contributed by atoms with Gasteiger partial charge in [-0.3, -0.25) is 4.90 Å². The number of hydrogen-bond acceptors (Lipinski definition) is 4. The molecule has 0 saturated heterocycles. The van der Waals surface area contributed by atoms with Gasteiger partial charge in [0, 0.05) is 11.8 Å². The molecule has 0 radical (unpaired) electrons. The molecule has 0 saturated carbocycles. The molecule has 0 aliphatic carbocycles. The number of carbonyl (C=O) groups excluding carboxylic acids is 1. The average Bonchev–Trinajstić information content (AvgIpc) is 2.66. The lowest BCUT2D eigenvalue weighted by molar-refractivity contribution is 0.142. The summed E-state index contributed by atoms with van der Waals surface area (Å²) in [5, 5.41) is 12.3. The Balaban J connectivity index is 2.13. The van der Waals surface area contributed by atoms with Gasteiger partial charge in [-0.25, -0.2) is 4.79 Å². The third-order valence-corrected chi connectivity index (χ3v) is 4.12. The monoisotopic (exact) mass is 367 g/mol. The van der Waals surface area contributed by atoms with Gasteiger partial charge in [-0.15, -0.1) is 0 Å². The summed E-state index contributed by atoms with van der Waals surface area (Å²) < 4.78 is 5.48. The van der Waals surface area contributed by atoms with E-state index in [1.54, 1.807) is 25.1 Å². The quantitative estimate of drug-likeness (QED) is 0.747. The molecular weight excluding hydrogens is 346 g/mol. The van der Waals surface area contributed by atoms with E-state index in [-0.39, 0.29) is 0 Å². The minimum atomic E-state index is -0.614. The fourth-order valence-corrected chi connectivity index (χ4v) is 2.37. The van der Waals surface area contributed by atoms with Gasteiger partial charge in [0.1, 0.15) is 11.8 Å². The Labute approximate surface area is 159 Å². The van der Waals surface area contributed by atoms with Crippen LogP contribution in [0.15, 0.2) is 54.6 Å². The summed E-state index contributed by atoms with van der Waals surface area (Å²) in [4.78, 5) is 14.7. The average molecular weight is 367 g/mol. The molecule has 2 rings (SSSR count). The predicted octanol–water partition coefficient (Wildman–Crippen LogP) is 4.75. The smallest absolute Gasteiger partial charge is 0.410 e. The molecule has 1 N–H and O–H groups in total. The lowest BCUT2D eigenvalue weighted by atomic mass is 10.2. The van der Waals surface area contributed by atoms with Crippen LogP contribution in [0.4, 0.5) is 10.5 Å². The number of ether oxygens (including phenoxy) is 1. The van der Waals surface area contributed by atoms with Crippen molar-refractivity contribution in [3.8, 4) is 11.8 Å². The number of nitrogens with one attached hydrogen (secondary N) is 1. The molecule has 1 unspecified atom stereocenters. The van der Waals surface area contributed by atoms with Crippen molar-refractivity contribution in [2.24, 2.45) is 0 Å². The van der Waals surface area contributed by atoms with Crippen molar-refractivity contribution >= 4 is 29.0 Å². The van der Waals surface area contributed by atoms with Crippen molar-refractivity contribution in [3.05, 3.63) is 60.2 Å². The number of hydrogen-bond donors (Lipinski definition) is 1. The number of nitriles is 1. The summed E-state index contributed by atoms with van der Waals surface area (Å²) in [7, 11) is 0. The van der Waals surface area contributed by atoms with Gasteiger partial charge in [0.25, 0.3) is 0 Å². The zero-order valence-electron chi connectivity index (χ0n) is 14.8. The van der Waals surface area contributed by atoms with E-state index in [4.69, 9.17) is 17.0 Å². The molecular formula is C20H21N3O2S. The van der Waals surface area contributed by atoms with Crippen molar-refractivity contribution in [1.29, 1.82) is 5.26 Å². The number of thiocarbonyl (C=S) groups is 1. The highest BCUT2D eigenvalue weighted by Gasteiger charge is 2.22. The van der Waals surface area contributed by atoms with Crippen LogP contribution in [-0.2, 0) is 6.54 Å². The van der Waals surface area contributed by atoms with Crippen LogP contribution in [0.1, 0.15) is 25.8 Å². The van der Waals surface area contributed by atoms with Crippen molar-refractivity contribution < 1.29 is 9.53 Å². The number of amides is 1. The number of nitrogens with zero attached hydrogens (tertiary/aromatic N) is 2. The van der Waals surface area contributed by atoms with Crippen LogP contribution < -0.4 is 10.1 Å². The van der Waals surface area contributed by atoms with Gasteiger partial charge in [0.05, 0.1) is 17.6 Å². The highest BCUT2D eigenvalue weighted by Crippen LogP contribution is 2.20. The van der Waals surface area contributed by atoms with Crippen LogP contribution >= 0.6 is 12.2 Å². The molecule has 6 heteroatoms. The molecule has 1 amide bonds. The first kappa shape index (κ1) is 19.4. The SMILES string of the molecule is CCC(=S)Nc1cccc(OC(=O)N(Cc2ccccc2)C(C)C#N)c1. The van der Waals surface area contributed by atoms with Gasteiger partial charge in [-0.2, -0.15) is 5.26 Å². The van der Waals surface area contributed by atoms with E-state index in [1.165, 1.54) is 4.90 Å². The maximum atomic E-state index is 12.6. The first-order valence-electron chi connectivity index (χ1n) is 8.35. The van der Waals surface area contributed by atoms with Gasteiger partial charge in [0.15, 0.2) is 0 Å². The maximum absolute atomic E-state index is 12.6. The third-order valence-electron chi connectivity index (χ3n) is 3.73. The third kappa shape index (κ3) is 5.57. The zero-order chi connectivity index (χ0) is 18.9. The Morgan fingerprint density at radius 2 is 2.00 bits per heavy atom. The Morgan fingerprint density at radius 1 is 1.27 bits per heavy atom. The van der Waals surface area contributed by atoms with Gasteiger partial charge in [-0.1, -0.05) is 55.5 Å². The second-order valence-electron chi connectivity index (χ2n) is 5.72. The number of carbonyl (C=O) groups is 1. The molecule has 0 heterocycles. The van der Waals surface area contributed by atoms with Crippen molar-refractivity contribution in [3.63, 3.8) is 0 Å². The molecule has 26 heavy (non-hydrogen) atoms. The molecule has 5 nitrogen and oxygen atoms in total. The number of benzene rings is 2. The normalized spacial score (nSPS) is 11.1. The number of anilines is 1. The van der Waals surface area contributed by atoms with Crippen LogP contribution in [0.2, 0.25) is 0 Å². The van der Waals surface area contributed by atoms with Crippen LogP contribution in [0.5, 0.6) is 5.75 Å². The molecule has 2 aromatic rings. The van der Waals surface area contributed by atoms with Crippen molar-refractivity contribution in [2.75, 3.05) is 5.32 Å². The zero-order valence-corrected chi connectivity index (χ0v) is 15.6. The number of rotatable bonds is 6. The summed E-state index contributed by atoms with van der Waals surface area (Å²) in [5.41, 5.74) is 1.68. The second kappa shape index (κ2) is 9.54. The van der Waals surface area contributed by atoms with E-state index < -0.39 is 12.1 Å². The van der Waals surface area contributed by atoms with E-state index in [9.17, 15) is 10.1 Å². The summed E-state index contributed by atoms with van der Waals surface area (Å²) >= 11 is 5.17. The molecule has 0 fully saturated rings. The first-order valence-corrected chi connectivity index (χ1v) is 8.76. The Morgan fingerprint density at radius 3 is 2.65 bits per heavy atom. The van der Waals surface area contributed by atoms with E-state index in [2.05, 4.69) is 11.4 Å². The van der Waals surface area contributed by atoms with E-state index in [1.807, 2.05) is 43.3 Å². The molecule has 134 valence electrons. The van der Waals surface area contributed by atoms with Crippen LogP contribution in [0, 0.1) is 11.3 Å². The van der Waals surface area contributed by atoms with Gasteiger partial charge in [0.2, 0.25) is 0 Å². The minimum Gasteiger partial charge on any atom is -0.410 e. The molecule has 0 aromatic heterocycles. The van der Waals surface area contributed by atoms with Gasteiger partial charge >= 0.3 is 6.09 Å². The molecule has 2 aromatic carbocycles. The molecule has 0 bridgehead atoms. The van der Waals surface area contributed by atoms with Gasteiger partial charge < -0.3 is 10.1 Å². The van der Waals surface area contributed by atoms with Gasteiger partial charge in [-0.05, 0) is 31.0 Å². The maximum Gasteiger partial charge on any atom is 0.416 e. The minimum absolute atomic E-state index is 0.298. The largest absolute Gasteiger partial charge is 0.416 e. The van der Waals surface area contributed by atoms with Crippen LogP contribution in [-0.4, -0.2) is 22.0 Å². The van der Waals surface area contributed by atoms with Crippen molar-refractivity contribution in [1.82, 2.24) is 4.90 Å². The highest BCUT2D eigenvalue weighted by molar-refractivity contribution is 7.80. The molecule has 0 aliphatic heterocycles. The molecule has 0 aliphatic rings. The highest BCUT2D eigenvalue weighted by atomic mass is 32.1. The van der Waals surface area contributed by atoms with Crippen LogP contribution in [0.3, 0.4) is 0 Å². The predicted molar refractivity (Wildman–Crippen MR) is 106 cm³/mol. The summed E-state index contributed by atoms with van der Waals surface area (Å²) in [6, 6.07) is 18.0. The van der Waals surface area contributed by atoms with Crippen molar-refractivity contribution in [2.45, 2.75) is 32.9 Å². The van der Waals surface area contributed by atoms with Crippen LogP contribution in [0.25, 0.3) is 0 Å². The fraction of sp³-hybridized carbons (Fsp3) is 0.250. The van der Waals surface area contributed by atoms with E-state index >= 15 is 0 Å². The lowest BCUT2D eigenvalue weighted by Crippen LogP contribution is -2.39. The Hall–Kier alpha value is -2.91. The molecule has 0 spiro atoms. The summed E-state index contributed by atoms with van der Waals surface area (Å²) in [6.45, 7) is 3.93. The van der Waals surface area contributed by atoms with E-state index in [0.717, 1.165) is 17.7 Å². The standard InChI is InChI=1S/C20H21N3O2S/c1-3-19(26)22-17-10-7-11-18(12-17)25-20(24)23(15(2)13-21)14-16-8-5-4-6-9-16/h4-12,15H,3,14H2,1-2H3,(H,22,26). The fourth-order valence-electron chi connectivity index (χ4n) is 2.26. The topological polar surface area (TPSA) is 65.4 Å². The first-order chi connectivity index (χ1) is 12.5. The lowest BCUT2D eigenvalue weighted by Gasteiger charge is -2.24. The summed E-state index contributed by atoms with van der Waals surface area (Å²) in [6.07, 6.45) is 0.155. The molecule has 1 atom stereocenters. The summed E-state index contributed by atoms with van der Waals surface area (Å²) in [5.74, 6) is 0.391. The van der Waals surface area contributed by atoms with E-state index in [0.29, 0.717) is 17.3 Å². The Bertz CT molecular complexity index is 802.